The maximum atomic E-state index is 12.1. The Morgan fingerprint density at radius 3 is 2.86 bits per heavy atom. The average Bonchev–Trinajstić information content (AvgIpc) is 2.14. The lowest BCUT2D eigenvalue weighted by atomic mass is 9.54. The number of aliphatic hydroxyl groups is 1. The van der Waals surface area contributed by atoms with Crippen molar-refractivity contribution in [1.82, 2.24) is 0 Å². The van der Waals surface area contributed by atoms with E-state index in [-0.39, 0.29) is 17.6 Å². The smallest absolute Gasteiger partial charge is 0.174 e. The molecule has 4 atom stereocenters. The van der Waals surface area contributed by atoms with E-state index in [1.165, 1.54) is 0 Å². The first-order chi connectivity index (χ1) is 6.43. The Balaban J connectivity index is 2.52. The minimum atomic E-state index is -1.18. The highest BCUT2D eigenvalue weighted by atomic mass is 16.3. The number of carbonyl (C=O) groups is 1. The Morgan fingerprint density at radius 1 is 1.64 bits per heavy atom. The molecule has 0 saturated heterocycles. The molecule has 2 bridgehead atoms. The van der Waals surface area contributed by atoms with Gasteiger partial charge in [-0.05, 0) is 26.2 Å². The van der Waals surface area contributed by atoms with Gasteiger partial charge in [0.15, 0.2) is 5.78 Å². The van der Waals surface area contributed by atoms with Crippen LogP contribution in [0.5, 0.6) is 0 Å². The van der Waals surface area contributed by atoms with Crippen LogP contribution in [0, 0.1) is 17.3 Å². The molecule has 76 valence electrons. The number of fused-ring (bicyclic) bond motifs is 2. The lowest BCUT2D eigenvalue weighted by molar-refractivity contribution is -0.158. The van der Waals surface area contributed by atoms with Crippen LogP contribution >= 0.6 is 0 Å². The standard InChI is InChI=1S/C12H16O2/c1-4-8-7-9-5-6-11(8,2)10(13)12(9,3)14/h4-6,8-9,14H,1,7H2,2-3H3/t8-,9+,11-,12+/m0/s1. The summed E-state index contributed by atoms with van der Waals surface area (Å²) in [5, 5.41) is 10.1. The van der Waals surface area contributed by atoms with E-state index in [0.717, 1.165) is 6.42 Å². The highest BCUT2D eigenvalue weighted by Gasteiger charge is 2.57. The monoisotopic (exact) mass is 192 g/mol. The average molecular weight is 192 g/mol. The highest BCUT2D eigenvalue weighted by Crippen LogP contribution is 2.51. The summed E-state index contributed by atoms with van der Waals surface area (Å²) < 4.78 is 0. The van der Waals surface area contributed by atoms with E-state index in [1.54, 1.807) is 6.92 Å². The van der Waals surface area contributed by atoms with Gasteiger partial charge in [-0.15, -0.1) is 6.58 Å². The van der Waals surface area contributed by atoms with Gasteiger partial charge in [0.25, 0.3) is 0 Å². The van der Waals surface area contributed by atoms with Crippen molar-refractivity contribution in [2.45, 2.75) is 25.9 Å². The van der Waals surface area contributed by atoms with Crippen molar-refractivity contribution >= 4 is 5.78 Å². The lowest BCUT2D eigenvalue weighted by Crippen LogP contribution is -2.59. The summed E-state index contributed by atoms with van der Waals surface area (Å²) in [6.07, 6.45) is 6.58. The van der Waals surface area contributed by atoms with Crippen molar-refractivity contribution < 1.29 is 9.90 Å². The van der Waals surface area contributed by atoms with Gasteiger partial charge in [-0.1, -0.05) is 18.2 Å². The minimum Gasteiger partial charge on any atom is -0.382 e. The SMILES string of the molecule is C=C[C@H]1C[C@H]2C=C[C@]1(C)C(=O)[C@]2(C)O. The normalized spacial score (nSPS) is 50.9. The fraction of sp³-hybridized carbons (Fsp3) is 0.583. The van der Waals surface area contributed by atoms with Gasteiger partial charge in [0.2, 0.25) is 0 Å². The molecule has 0 aromatic carbocycles. The van der Waals surface area contributed by atoms with E-state index in [2.05, 4.69) is 6.58 Å². The molecule has 1 saturated carbocycles. The van der Waals surface area contributed by atoms with Gasteiger partial charge in [-0.2, -0.15) is 0 Å². The van der Waals surface area contributed by atoms with Crippen LogP contribution in [0.1, 0.15) is 20.3 Å². The maximum Gasteiger partial charge on any atom is 0.174 e. The Hall–Kier alpha value is -0.890. The second kappa shape index (κ2) is 2.57. The third kappa shape index (κ3) is 0.921. The summed E-state index contributed by atoms with van der Waals surface area (Å²) in [4.78, 5) is 12.1. The molecular weight excluding hydrogens is 176 g/mol. The Bertz CT molecular complexity index is 327. The predicted octanol–water partition coefficient (Wildman–Crippen LogP) is 1.70. The van der Waals surface area contributed by atoms with Gasteiger partial charge in [-0.3, -0.25) is 4.79 Å². The van der Waals surface area contributed by atoms with E-state index in [4.69, 9.17) is 0 Å². The first-order valence-corrected chi connectivity index (χ1v) is 5.02. The van der Waals surface area contributed by atoms with Crippen molar-refractivity contribution in [2.75, 3.05) is 0 Å². The summed E-state index contributed by atoms with van der Waals surface area (Å²) in [6, 6.07) is 0. The van der Waals surface area contributed by atoms with Gasteiger partial charge in [0, 0.05) is 5.92 Å². The molecule has 3 aliphatic rings. The van der Waals surface area contributed by atoms with Crippen LogP contribution in [0.25, 0.3) is 0 Å². The Kier molecular flexibility index (Phi) is 1.77. The van der Waals surface area contributed by atoms with E-state index in [9.17, 15) is 9.90 Å². The van der Waals surface area contributed by atoms with E-state index in [1.807, 2.05) is 25.2 Å². The summed E-state index contributed by atoms with van der Waals surface area (Å²) >= 11 is 0. The summed E-state index contributed by atoms with van der Waals surface area (Å²) in [7, 11) is 0. The fourth-order valence-corrected chi connectivity index (χ4v) is 2.75. The largest absolute Gasteiger partial charge is 0.382 e. The summed E-state index contributed by atoms with van der Waals surface area (Å²) in [6.45, 7) is 7.28. The van der Waals surface area contributed by atoms with Crippen LogP contribution in [0.4, 0.5) is 0 Å². The first kappa shape index (κ1) is 9.66. The Labute approximate surface area is 84.3 Å². The number of hydrogen-bond acceptors (Lipinski definition) is 2. The molecule has 3 aliphatic carbocycles. The van der Waals surface area contributed by atoms with Gasteiger partial charge in [0.1, 0.15) is 5.60 Å². The van der Waals surface area contributed by atoms with Crippen LogP contribution in [0.3, 0.4) is 0 Å². The van der Waals surface area contributed by atoms with Gasteiger partial charge < -0.3 is 5.11 Å². The molecular formula is C12H16O2. The summed E-state index contributed by atoms with van der Waals surface area (Å²) in [5.74, 6) is 0.0682. The molecule has 14 heavy (non-hydrogen) atoms. The number of rotatable bonds is 1. The quantitative estimate of drug-likeness (QED) is 0.642. The van der Waals surface area contributed by atoms with Crippen LogP contribution < -0.4 is 0 Å². The number of allylic oxidation sites excluding steroid dienone is 2. The molecule has 0 aliphatic heterocycles. The zero-order chi connectivity index (χ0) is 10.6. The van der Waals surface area contributed by atoms with Crippen molar-refractivity contribution in [3.8, 4) is 0 Å². The molecule has 1 N–H and O–H groups in total. The van der Waals surface area contributed by atoms with Gasteiger partial charge in [0.05, 0.1) is 5.41 Å². The zero-order valence-electron chi connectivity index (χ0n) is 8.66. The lowest BCUT2D eigenvalue weighted by Gasteiger charge is -2.50. The highest BCUT2D eigenvalue weighted by molar-refractivity contribution is 5.96. The van der Waals surface area contributed by atoms with Crippen LogP contribution in [-0.4, -0.2) is 16.5 Å². The van der Waals surface area contributed by atoms with E-state index >= 15 is 0 Å². The topological polar surface area (TPSA) is 37.3 Å². The molecule has 0 aromatic heterocycles. The second-order valence-corrected chi connectivity index (χ2v) is 4.80. The van der Waals surface area contributed by atoms with Crippen LogP contribution in [0.15, 0.2) is 24.8 Å². The number of Topliss-reactive ketones (excluding diaryl/α,β-unsaturated/α-hetero) is 1. The molecule has 0 unspecified atom stereocenters. The van der Waals surface area contributed by atoms with Crippen LogP contribution in [0.2, 0.25) is 0 Å². The van der Waals surface area contributed by atoms with E-state index in [0.29, 0.717) is 0 Å². The van der Waals surface area contributed by atoms with Crippen molar-refractivity contribution in [1.29, 1.82) is 0 Å². The fourth-order valence-electron chi connectivity index (χ4n) is 2.75. The molecule has 0 radical (unpaired) electrons. The number of ketones is 1. The van der Waals surface area contributed by atoms with Crippen molar-refractivity contribution in [3.63, 3.8) is 0 Å². The minimum absolute atomic E-state index is 0.0418. The Morgan fingerprint density at radius 2 is 2.29 bits per heavy atom. The van der Waals surface area contributed by atoms with Gasteiger partial charge >= 0.3 is 0 Å². The van der Waals surface area contributed by atoms with Crippen molar-refractivity contribution in [2.24, 2.45) is 17.3 Å². The van der Waals surface area contributed by atoms with Gasteiger partial charge in [-0.25, -0.2) is 0 Å². The molecule has 3 rings (SSSR count). The molecule has 0 aromatic rings. The molecule has 1 fully saturated rings. The number of carbonyl (C=O) groups excluding carboxylic acids is 1. The van der Waals surface area contributed by atoms with Crippen molar-refractivity contribution in [3.05, 3.63) is 24.8 Å². The third-order valence-electron chi connectivity index (χ3n) is 3.91. The zero-order valence-corrected chi connectivity index (χ0v) is 8.66. The van der Waals surface area contributed by atoms with E-state index < -0.39 is 11.0 Å². The molecule has 0 heterocycles. The summed E-state index contributed by atoms with van der Waals surface area (Å²) in [5.41, 5.74) is -1.72. The molecule has 0 amide bonds. The molecule has 2 heteroatoms. The third-order valence-corrected chi connectivity index (χ3v) is 3.91. The second-order valence-electron chi connectivity index (χ2n) is 4.80. The molecule has 0 spiro atoms. The first-order valence-electron chi connectivity index (χ1n) is 5.02. The molecule has 2 nitrogen and oxygen atoms in total. The maximum absolute atomic E-state index is 12.1. The van der Waals surface area contributed by atoms with Crippen LogP contribution in [-0.2, 0) is 4.79 Å². The predicted molar refractivity (Wildman–Crippen MR) is 54.7 cm³/mol. The number of hydrogen-bond donors (Lipinski definition) is 1.